The van der Waals surface area contributed by atoms with Crippen LogP contribution in [0.5, 0.6) is 0 Å². The minimum absolute atomic E-state index is 0.125. The second-order valence-electron chi connectivity index (χ2n) is 4.84. The van der Waals surface area contributed by atoms with Gasteiger partial charge in [-0.1, -0.05) is 50.1 Å². The molecule has 2 unspecified atom stereocenters. The van der Waals surface area contributed by atoms with E-state index in [1.54, 1.807) is 0 Å². The zero-order valence-corrected chi connectivity index (χ0v) is 14.4. The maximum Gasteiger partial charge on any atom is 0.0873 e. The summed E-state index contributed by atoms with van der Waals surface area (Å²) in [7, 11) is 0. The van der Waals surface area contributed by atoms with Gasteiger partial charge in [-0.2, -0.15) is 0 Å². The Kier molecular flexibility index (Phi) is 5.38. The van der Waals surface area contributed by atoms with Crippen molar-refractivity contribution in [2.24, 2.45) is 5.73 Å². The summed E-state index contributed by atoms with van der Waals surface area (Å²) in [4.78, 5) is 0. The number of benzene rings is 2. The molecular weight excluding hydrogens is 382 g/mol. The summed E-state index contributed by atoms with van der Waals surface area (Å²) in [6.45, 7) is 2.39. The smallest absolute Gasteiger partial charge is 0.0873 e. The maximum absolute atomic E-state index is 10.7. The molecule has 0 aromatic heterocycles. The average Bonchev–Trinajstić information content (AvgIpc) is 2.42. The van der Waals surface area contributed by atoms with E-state index in [0.29, 0.717) is 6.54 Å². The molecule has 0 aliphatic carbocycles. The van der Waals surface area contributed by atoms with E-state index in [0.717, 1.165) is 25.6 Å². The Morgan fingerprint density at radius 1 is 1.10 bits per heavy atom. The quantitative estimate of drug-likeness (QED) is 0.806. The van der Waals surface area contributed by atoms with Gasteiger partial charge in [0.2, 0.25) is 0 Å². The first-order valence-electron chi connectivity index (χ1n) is 6.42. The lowest BCUT2D eigenvalue weighted by Gasteiger charge is -2.24. The van der Waals surface area contributed by atoms with Crippen LogP contribution in [0.4, 0.5) is 0 Å². The van der Waals surface area contributed by atoms with Crippen molar-refractivity contribution in [3.05, 3.63) is 68.1 Å². The van der Waals surface area contributed by atoms with E-state index in [1.807, 2.05) is 49.4 Å². The van der Waals surface area contributed by atoms with Gasteiger partial charge < -0.3 is 10.8 Å². The lowest BCUT2D eigenvalue weighted by Crippen LogP contribution is -2.20. The largest absolute Gasteiger partial charge is 0.388 e. The van der Waals surface area contributed by atoms with Gasteiger partial charge in [-0.05, 0) is 47.9 Å². The van der Waals surface area contributed by atoms with Crippen molar-refractivity contribution in [3.63, 3.8) is 0 Å². The molecule has 0 amide bonds. The number of aliphatic hydroxyl groups is 1. The molecule has 0 saturated carbocycles. The number of aryl methyl sites for hydroxylation is 1. The fourth-order valence-corrected chi connectivity index (χ4v) is 3.13. The van der Waals surface area contributed by atoms with Crippen LogP contribution in [0.1, 0.15) is 28.7 Å². The van der Waals surface area contributed by atoms with Crippen molar-refractivity contribution in [1.29, 1.82) is 0 Å². The van der Waals surface area contributed by atoms with E-state index in [-0.39, 0.29) is 5.92 Å². The molecule has 3 N–H and O–H groups in total. The zero-order valence-electron chi connectivity index (χ0n) is 11.2. The first-order chi connectivity index (χ1) is 9.52. The first-order valence-corrected chi connectivity index (χ1v) is 8.01. The molecule has 20 heavy (non-hydrogen) atoms. The number of aliphatic hydroxyl groups excluding tert-OH is 1. The van der Waals surface area contributed by atoms with Crippen LogP contribution < -0.4 is 5.73 Å². The molecule has 0 heterocycles. The topological polar surface area (TPSA) is 46.2 Å². The molecule has 0 aliphatic heterocycles. The number of hydrogen-bond acceptors (Lipinski definition) is 2. The van der Waals surface area contributed by atoms with Gasteiger partial charge in [0.25, 0.3) is 0 Å². The number of nitrogens with two attached hydrogens (primary N) is 1. The van der Waals surface area contributed by atoms with E-state index >= 15 is 0 Å². The Balaban J connectivity index is 2.38. The predicted molar refractivity (Wildman–Crippen MR) is 89.8 cm³/mol. The fourth-order valence-electron chi connectivity index (χ4n) is 2.33. The maximum atomic E-state index is 10.7. The molecule has 4 heteroatoms. The van der Waals surface area contributed by atoms with Crippen LogP contribution in [0.15, 0.2) is 51.4 Å². The number of rotatable bonds is 4. The summed E-state index contributed by atoms with van der Waals surface area (Å²) in [6.07, 6.45) is -0.619. The standard InChI is InChI=1S/C16H17Br2NO/c1-10-5-6-13(18)8-14(10)16(20)15(9-19)11-3-2-4-12(17)7-11/h2-8,15-16,20H,9,19H2,1H3. The third-order valence-electron chi connectivity index (χ3n) is 3.47. The number of hydrogen-bond donors (Lipinski definition) is 2. The Morgan fingerprint density at radius 2 is 1.80 bits per heavy atom. The second kappa shape index (κ2) is 6.85. The molecule has 0 aliphatic rings. The number of halogens is 2. The lowest BCUT2D eigenvalue weighted by molar-refractivity contribution is 0.146. The molecule has 2 aromatic carbocycles. The Hall–Kier alpha value is -0.680. The van der Waals surface area contributed by atoms with Crippen molar-refractivity contribution in [2.45, 2.75) is 18.9 Å². The fraction of sp³-hybridized carbons (Fsp3) is 0.250. The summed E-state index contributed by atoms with van der Waals surface area (Å²) in [5.74, 6) is -0.125. The van der Waals surface area contributed by atoms with Gasteiger partial charge >= 0.3 is 0 Å². The molecule has 0 spiro atoms. The average molecular weight is 399 g/mol. The SMILES string of the molecule is Cc1ccc(Br)cc1C(O)C(CN)c1cccc(Br)c1. The van der Waals surface area contributed by atoms with Crippen LogP contribution in [0, 0.1) is 6.92 Å². The van der Waals surface area contributed by atoms with Gasteiger partial charge in [0.15, 0.2) is 0 Å². The van der Waals surface area contributed by atoms with Gasteiger partial charge in [0, 0.05) is 21.4 Å². The van der Waals surface area contributed by atoms with Crippen LogP contribution >= 0.6 is 31.9 Å². The van der Waals surface area contributed by atoms with Crippen LogP contribution in [0.25, 0.3) is 0 Å². The Labute approximate surface area is 136 Å². The molecule has 0 radical (unpaired) electrons. The molecule has 0 fully saturated rings. The van der Waals surface area contributed by atoms with Gasteiger partial charge in [-0.25, -0.2) is 0 Å². The van der Waals surface area contributed by atoms with Gasteiger partial charge in [-0.15, -0.1) is 0 Å². The Morgan fingerprint density at radius 3 is 2.45 bits per heavy atom. The highest BCUT2D eigenvalue weighted by molar-refractivity contribution is 9.10. The van der Waals surface area contributed by atoms with Crippen molar-refractivity contribution in [1.82, 2.24) is 0 Å². The molecule has 106 valence electrons. The third-order valence-corrected chi connectivity index (χ3v) is 4.46. The zero-order chi connectivity index (χ0) is 14.7. The first kappa shape index (κ1) is 15.7. The molecule has 0 saturated heterocycles. The van der Waals surface area contributed by atoms with Crippen molar-refractivity contribution in [3.8, 4) is 0 Å². The highest BCUT2D eigenvalue weighted by atomic mass is 79.9. The van der Waals surface area contributed by atoms with Crippen LogP contribution in [0.3, 0.4) is 0 Å². The summed E-state index contributed by atoms with van der Waals surface area (Å²) in [5, 5.41) is 10.7. The second-order valence-corrected chi connectivity index (χ2v) is 6.67. The van der Waals surface area contributed by atoms with Crippen molar-refractivity contribution in [2.75, 3.05) is 6.54 Å². The molecule has 2 nitrogen and oxygen atoms in total. The minimum Gasteiger partial charge on any atom is -0.388 e. The molecule has 0 bridgehead atoms. The minimum atomic E-state index is -0.619. The summed E-state index contributed by atoms with van der Waals surface area (Å²) in [5.41, 5.74) is 8.91. The van der Waals surface area contributed by atoms with Crippen LogP contribution in [0.2, 0.25) is 0 Å². The van der Waals surface area contributed by atoms with E-state index in [9.17, 15) is 5.11 Å². The van der Waals surface area contributed by atoms with Gasteiger partial charge in [0.1, 0.15) is 0 Å². The molecular formula is C16H17Br2NO. The van der Waals surface area contributed by atoms with E-state index < -0.39 is 6.10 Å². The van der Waals surface area contributed by atoms with Crippen LogP contribution in [-0.4, -0.2) is 11.7 Å². The van der Waals surface area contributed by atoms with Crippen molar-refractivity contribution < 1.29 is 5.11 Å². The summed E-state index contributed by atoms with van der Waals surface area (Å²) in [6, 6.07) is 13.9. The van der Waals surface area contributed by atoms with E-state index in [2.05, 4.69) is 31.9 Å². The normalized spacial score (nSPS) is 14.1. The van der Waals surface area contributed by atoms with E-state index in [1.165, 1.54) is 0 Å². The highest BCUT2D eigenvalue weighted by Crippen LogP contribution is 2.34. The van der Waals surface area contributed by atoms with Gasteiger partial charge in [-0.3, -0.25) is 0 Å². The highest BCUT2D eigenvalue weighted by Gasteiger charge is 2.23. The van der Waals surface area contributed by atoms with Gasteiger partial charge in [0.05, 0.1) is 6.10 Å². The lowest BCUT2D eigenvalue weighted by atomic mass is 9.87. The molecule has 2 aromatic rings. The molecule has 2 rings (SSSR count). The molecule has 2 atom stereocenters. The monoisotopic (exact) mass is 397 g/mol. The summed E-state index contributed by atoms with van der Waals surface area (Å²) < 4.78 is 1.95. The van der Waals surface area contributed by atoms with Crippen molar-refractivity contribution >= 4 is 31.9 Å². The van der Waals surface area contributed by atoms with E-state index in [4.69, 9.17) is 5.73 Å². The summed E-state index contributed by atoms with van der Waals surface area (Å²) >= 11 is 6.91. The predicted octanol–water partition coefficient (Wildman–Crippen LogP) is 4.30. The third kappa shape index (κ3) is 3.50. The van der Waals surface area contributed by atoms with Crippen LogP contribution in [-0.2, 0) is 0 Å². The Bertz CT molecular complexity index is 601.